The number of ether oxygens (including phenoxy) is 2. The van der Waals surface area contributed by atoms with Crippen molar-refractivity contribution in [2.45, 2.75) is 37.8 Å². The Kier molecular flexibility index (Phi) is 12.8. The fourth-order valence-corrected chi connectivity index (χ4v) is 5.27. The number of likely N-dealkylation sites (N-methyl/N-ethyl adjacent to an activating group) is 1. The van der Waals surface area contributed by atoms with Crippen molar-refractivity contribution >= 4 is 63.1 Å². The molecule has 0 bridgehead atoms. The molecule has 15 nitrogen and oxygen atoms in total. The van der Waals surface area contributed by atoms with Gasteiger partial charge in [0.15, 0.2) is 33.8 Å². The number of nitrogens with one attached hydrogen (secondary N) is 1. The summed E-state index contributed by atoms with van der Waals surface area (Å²) < 4.78 is 14.7. The Labute approximate surface area is 219 Å². The number of nitrogen functional groups attached to an aromatic ring is 1. The largest absolute Gasteiger partial charge is 0.481 e. The van der Waals surface area contributed by atoms with Gasteiger partial charge in [-0.05, 0) is 6.92 Å². The van der Waals surface area contributed by atoms with E-state index >= 15 is 0 Å². The van der Waals surface area contributed by atoms with Crippen LogP contribution in [0.2, 0.25) is 0 Å². The molecule has 17 heteroatoms. The Bertz CT molecular complexity index is 1010. The summed E-state index contributed by atoms with van der Waals surface area (Å²) in [4.78, 5) is 68.2. The summed E-state index contributed by atoms with van der Waals surface area (Å²) >= 11 is 0.219. The standard InChI is InChI=1S/C18H25N5O8S2.C2H4O2/c1-9(17(27)29-4)31-22-12(10-8-32-18(19)20-10)14(25)21-13-15(26)23(2)16(13)33(30-5)7-6-11(24)28-3;1-2(3)4/h8-9,13,16H,6-7H2,1-5H3,(H2-,19,20,21,25);1H3,(H,3,4)/p+1/b22-12-;. The Hall–Kier alpha value is -3.44. The number of hydrogen-bond acceptors (Lipinski definition) is 13. The lowest BCUT2D eigenvalue weighted by molar-refractivity contribution is -0.153. The Morgan fingerprint density at radius 1 is 1.30 bits per heavy atom. The van der Waals surface area contributed by atoms with Crippen molar-refractivity contribution in [3.8, 4) is 0 Å². The molecule has 206 valence electrons. The molecule has 2 rings (SSSR count). The Morgan fingerprint density at radius 3 is 2.41 bits per heavy atom. The molecule has 1 aromatic heterocycles. The summed E-state index contributed by atoms with van der Waals surface area (Å²) in [5.41, 5.74) is 5.50. The number of β-lactam (4-membered cyclic amide) rings is 1. The van der Waals surface area contributed by atoms with Crippen molar-refractivity contribution < 1.29 is 47.6 Å². The van der Waals surface area contributed by atoms with Crippen LogP contribution in [0.5, 0.6) is 0 Å². The number of likely N-dealkylation sites (tertiary alicyclic amines) is 1. The predicted molar refractivity (Wildman–Crippen MR) is 133 cm³/mol. The summed E-state index contributed by atoms with van der Waals surface area (Å²) in [5, 5.41) is 15.0. The number of nitrogens with two attached hydrogens (primary N) is 1. The number of thiazole rings is 1. The van der Waals surface area contributed by atoms with Crippen molar-refractivity contribution in [1.82, 2.24) is 15.2 Å². The molecule has 0 aromatic carbocycles. The van der Waals surface area contributed by atoms with Gasteiger partial charge in [-0.15, -0.1) is 11.3 Å². The molecular weight excluding hydrogens is 534 g/mol. The molecule has 1 fully saturated rings. The summed E-state index contributed by atoms with van der Waals surface area (Å²) in [5.74, 6) is -2.74. The third-order valence-electron chi connectivity index (χ3n) is 4.60. The number of amides is 2. The van der Waals surface area contributed by atoms with Gasteiger partial charge >= 0.3 is 11.9 Å². The van der Waals surface area contributed by atoms with Crippen molar-refractivity contribution in [3.63, 3.8) is 0 Å². The molecule has 1 aliphatic rings. The van der Waals surface area contributed by atoms with Crippen LogP contribution in [-0.2, 0) is 53.6 Å². The highest BCUT2D eigenvalue weighted by atomic mass is 32.2. The number of nitrogens with zero attached hydrogens (tertiary/aromatic N) is 3. The first kappa shape index (κ1) is 31.6. The molecule has 1 aromatic rings. The number of methoxy groups -OCH3 is 2. The van der Waals surface area contributed by atoms with Crippen LogP contribution in [0.1, 0.15) is 26.0 Å². The zero-order valence-electron chi connectivity index (χ0n) is 21.1. The van der Waals surface area contributed by atoms with E-state index < -0.39 is 52.5 Å². The molecule has 0 aliphatic carbocycles. The van der Waals surface area contributed by atoms with Gasteiger partial charge in [0.1, 0.15) is 5.69 Å². The van der Waals surface area contributed by atoms with Crippen molar-refractivity contribution in [2.24, 2.45) is 5.16 Å². The van der Waals surface area contributed by atoms with E-state index in [-0.39, 0.29) is 28.9 Å². The van der Waals surface area contributed by atoms with Gasteiger partial charge < -0.3 is 30.5 Å². The monoisotopic (exact) mass is 564 g/mol. The topological polar surface area (TPSA) is 209 Å². The average Bonchev–Trinajstić information content (AvgIpc) is 3.29. The van der Waals surface area contributed by atoms with Crippen LogP contribution in [-0.4, -0.2) is 102 Å². The fraction of sp³-hybridized carbons (Fsp3) is 0.550. The summed E-state index contributed by atoms with van der Waals surface area (Å²) in [6, 6.07) is -0.928. The molecule has 1 aliphatic heterocycles. The number of carbonyl (C=O) groups is 5. The van der Waals surface area contributed by atoms with Crippen LogP contribution in [0.15, 0.2) is 10.5 Å². The third kappa shape index (κ3) is 9.18. The van der Waals surface area contributed by atoms with E-state index in [1.807, 2.05) is 0 Å². The van der Waals surface area contributed by atoms with Crippen LogP contribution in [0, 0.1) is 0 Å². The Morgan fingerprint density at radius 2 is 1.92 bits per heavy atom. The number of hydrogen-bond donors (Lipinski definition) is 3. The number of esters is 2. The van der Waals surface area contributed by atoms with Gasteiger partial charge in [-0.1, -0.05) is 5.16 Å². The van der Waals surface area contributed by atoms with E-state index in [9.17, 15) is 19.2 Å². The lowest BCUT2D eigenvalue weighted by atomic mass is 10.1. The molecule has 1 saturated heterocycles. The van der Waals surface area contributed by atoms with Crippen LogP contribution in [0.4, 0.5) is 5.13 Å². The SMILES string of the molecule is CC(=O)O.COC(=O)CC[S+](OC)C1C(NC(=O)/C(=N\OC(C)C(=O)OC)c2csc(N)n2)C(=O)N1C. The molecular formula is C20H30N5O10S2+. The number of rotatable bonds is 11. The zero-order chi connectivity index (χ0) is 28.3. The van der Waals surface area contributed by atoms with Gasteiger partial charge in [0.25, 0.3) is 23.2 Å². The van der Waals surface area contributed by atoms with Gasteiger partial charge in [-0.2, -0.15) is 4.18 Å². The molecule has 4 N–H and O–H groups in total. The summed E-state index contributed by atoms with van der Waals surface area (Å²) in [6.45, 7) is 2.48. The minimum atomic E-state index is -1.09. The molecule has 0 radical (unpaired) electrons. The Balaban J connectivity index is 0.00000159. The normalized spacial score (nSPS) is 18.4. The maximum Gasteiger partial charge on any atom is 0.349 e. The van der Waals surface area contributed by atoms with Gasteiger partial charge in [0, 0.05) is 19.4 Å². The van der Waals surface area contributed by atoms with Crippen molar-refractivity contribution in [1.29, 1.82) is 0 Å². The maximum atomic E-state index is 13.0. The number of carboxylic acid groups (broad SMARTS) is 1. The highest BCUT2D eigenvalue weighted by molar-refractivity contribution is 7.93. The number of aromatic nitrogens is 1. The van der Waals surface area contributed by atoms with Gasteiger partial charge in [-0.3, -0.25) is 24.1 Å². The predicted octanol–water partition coefficient (Wildman–Crippen LogP) is -0.876. The van der Waals surface area contributed by atoms with Crippen LogP contribution in [0.25, 0.3) is 0 Å². The van der Waals surface area contributed by atoms with E-state index in [1.165, 1.54) is 38.5 Å². The maximum absolute atomic E-state index is 13.0. The number of carbonyl (C=O) groups excluding carboxylic acids is 4. The van der Waals surface area contributed by atoms with Crippen molar-refractivity contribution in [3.05, 3.63) is 11.1 Å². The highest BCUT2D eigenvalue weighted by Gasteiger charge is 2.58. The number of carboxylic acids is 1. The number of oxime groups is 1. The second kappa shape index (κ2) is 15.0. The van der Waals surface area contributed by atoms with E-state index in [0.717, 1.165) is 18.3 Å². The quantitative estimate of drug-likeness (QED) is 0.0984. The average molecular weight is 565 g/mol. The summed E-state index contributed by atoms with van der Waals surface area (Å²) in [6.07, 6.45) is -0.993. The molecule has 37 heavy (non-hydrogen) atoms. The second-order valence-electron chi connectivity index (χ2n) is 7.17. The minimum Gasteiger partial charge on any atom is -0.481 e. The van der Waals surface area contributed by atoms with E-state index in [4.69, 9.17) is 24.7 Å². The van der Waals surface area contributed by atoms with Crippen molar-refractivity contribution in [2.75, 3.05) is 39.9 Å². The summed E-state index contributed by atoms with van der Waals surface area (Å²) in [7, 11) is 5.50. The van der Waals surface area contributed by atoms with E-state index in [0.29, 0.717) is 5.75 Å². The smallest absolute Gasteiger partial charge is 0.349 e. The first-order valence-electron chi connectivity index (χ1n) is 10.5. The molecule has 4 atom stereocenters. The molecule has 4 unspecified atom stereocenters. The van der Waals surface area contributed by atoms with Crippen LogP contribution in [0.3, 0.4) is 0 Å². The van der Waals surface area contributed by atoms with E-state index in [1.54, 1.807) is 7.05 Å². The highest BCUT2D eigenvalue weighted by Crippen LogP contribution is 2.27. The number of anilines is 1. The van der Waals surface area contributed by atoms with Gasteiger partial charge in [0.2, 0.25) is 6.10 Å². The molecule has 0 spiro atoms. The second-order valence-corrected chi connectivity index (χ2v) is 10.0. The van der Waals surface area contributed by atoms with E-state index in [2.05, 4.69) is 24.9 Å². The molecule has 2 amide bonds. The fourth-order valence-electron chi connectivity index (χ4n) is 2.81. The minimum absolute atomic E-state index is 0.0940. The molecule has 0 saturated carbocycles. The molecule has 2 heterocycles. The van der Waals surface area contributed by atoms with Gasteiger partial charge in [-0.25, -0.2) is 9.78 Å². The lowest BCUT2D eigenvalue weighted by Crippen LogP contribution is -2.72. The zero-order valence-corrected chi connectivity index (χ0v) is 22.7. The van der Waals surface area contributed by atoms with Gasteiger partial charge in [0.05, 0.1) is 27.8 Å². The number of aliphatic carboxylic acids is 1. The lowest BCUT2D eigenvalue weighted by Gasteiger charge is -2.41. The first-order valence-corrected chi connectivity index (χ1v) is 12.7. The first-order chi connectivity index (χ1) is 17.4. The van der Waals surface area contributed by atoms with Crippen LogP contribution >= 0.6 is 11.3 Å². The van der Waals surface area contributed by atoms with Crippen LogP contribution < -0.4 is 11.1 Å². The third-order valence-corrected chi connectivity index (χ3v) is 7.44.